The van der Waals surface area contributed by atoms with E-state index in [0.29, 0.717) is 40.5 Å². The number of fused-ring (bicyclic) bond motifs is 1. The van der Waals surface area contributed by atoms with Gasteiger partial charge in [-0.25, -0.2) is 16.8 Å². The van der Waals surface area contributed by atoms with Crippen molar-refractivity contribution in [2.75, 3.05) is 39.8 Å². The summed E-state index contributed by atoms with van der Waals surface area (Å²) in [7, 11) is -1.93. The molecule has 3 aromatic rings. The first-order chi connectivity index (χ1) is 14.8. The van der Waals surface area contributed by atoms with Crippen LogP contribution in [0.5, 0.6) is 5.75 Å². The van der Waals surface area contributed by atoms with Crippen LogP contribution in [0.4, 0.5) is 4.39 Å². The topological polar surface area (TPSA) is 54.8 Å². The van der Waals surface area contributed by atoms with Crippen LogP contribution in [-0.2, 0) is 16.6 Å². The van der Waals surface area contributed by atoms with Crippen molar-refractivity contribution in [2.24, 2.45) is 0 Å². The van der Waals surface area contributed by atoms with Crippen LogP contribution >= 0.6 is 11.6 Å². The Labute approximate surface area is 186 Å². The molecule has 0 bridgehead atoms. The van der Waals surface area contributed by atoms with Crippen molar-refractivity contribution in [3.8, 4) is 5.75 Å². The van der Waals surface area contributed by atoms with Gasteiger partial charge in [0, 0.05) is 38.1 Å². The van der Waals surface area contributed by atoms with E-state index in [1.165, 1.54) is 16.1 Å². The van der Waals surface area contributed by atoms with Crippen LogP contribution in [0, 0.1) is 5.82 Å². The highest BCUT2D eigenvalue weighted by Crippen LogP contribution is 2.37. The predicted octanol–water partition coefficient (Wildman–Crippen LogP) is 3.82. The Bertz CT molecular complexity index is 1190. The van der Waals surface area contributed by atoms with Crippen LogP contribution in [-0.4, -0.2) is 62.0 Å². The molecule has 4 rings (SSSR count). The summed E-state index contributed by atoms with van der Waals surface area (Å²) >= 11 is 6.76. The number of rotatable bonds is 6. The lowest BCUT2D eigenvalue weighted by Gasteiger charge is -2.32. The Morgan fingerprint density at radius 2 is 1.74 bits per heavy atom. The van der Waals surface area contributed by atoms with Gasteiger partial charge in [0.05, 0.1) is 27.7 Å². The van der Waals surface area contributed by atoms with Crippen molar-refractivity contribution in [2.45, 2.75) is 18.4 Å². The molecule has 0 aliphatic carbocycles. The number of nitrogens with zero attached hydrogens (tertiary/aromatic N) is 3. The number of hydrogen-bond donors (Lipinski definition) is 0. The fourth-order valence-corrected chi connectivity index (χ4v) is 5.75. The van der Waals surface area contributed by atoms with Gasteiger partial charge in [-0.1, -0.05) is 11.6 Å². The van der Waals surface area contributed by atoms with E-state index < -0.39 is 15.8 Å². The molecule has 166 valence electrons. The average Bonchev–Trinajstić information content (AvgIpc) is 3.02. The maximum absolute atomic E-state index is 13.6. The number of likely N-dealkylation sites (N-methyl/N-ethyl adjacent to an activating group) is 1. The molecule has 9 heteroatoms. The van der Waals surface area contributed by atoms with Crippen molar-refractivity contribution in [3.63, 3.8) is 0 Å². The molecule has 1 aliphatic heterocycles. The van der Waals surface area contributed by atoms with Gasteiger partial charge in [0.1, 0.15) is 11.6 Å². The molecule has 1 aromatic heterocycles. The molecule has 0 N–H and O–H groups in total. The molecule has 0 saturated carbocycles. The summed E-state index contributed by atoms with van der Waals surface area (Å²) in [5, 5.41) is 1.00. The Morgan fingerprint density at radius 1 is 1.06 bits per heavy atom. The molecule has 1 saturated heterocycles. The highest BCUT2D eigenvalue weighted by molar-refractivity contribution is 7.90. The quantitative estimate of drug-likeness (QED) is 0.554. The molecule has 0 radical (unpaired) electrons. The van der Waals surface area contributed by atoms with Gasteiger partial charge < -0.3 is 9.64 Å². The minimum Gasteiger partial charge on any atom is -0.494 e. The third kappa shape index (κ3) is 4.30. The molecular formula is C22H25ClFN3O3S. The number of halogens is 2. The summed E-state index contributed by atoms with van der Waals surface area (Å²) in [5.74, 6) is 0.132. The highest BCUT2D eigenvalue weighted by atomic mass is 35.5. The lowest BCUT2D eigenvalue weighted by Crippen LogP contribution is -2.44. The zero-order valence-corrected chi connectivity index (χ0v) is 19.1. The highest BCUT2D eigenvalue weighted by Gasteiger charge is 2.28. The summed E-state index contributed by atoms with van der Waals surface area (Å²) in [6.07, 6.45) is 0. The summed E-state index contributed by atoms with van der Waals surface area (Å²) in [4.78, 5) is 4.44. The van der Waals surface area contributed by atoms with Crippen LogP contribution in [0.15, 0.2) is 47.4 Å². The van der Waals surface area contributed by atoms with Gasteiger partial charge in [-0.05, 0) is 56.4 Å². The molecule has 1 aliphatic rings. The lowest BCUT2D eigenvalue weighted by molar-refractivity contribution is 0.147. The first kappa shape index (κ1) is 22.1. The van der Waals surface area contributed by atoms with E-state index in [4.69, 9.17) is 16.3 Å². The van der Waals surface area contributed by atoms with Gasteiger partial charge >= 0.3 is 0 Å². The van der Waals surface area contributed by atoms with Crippen molar-refractivity contribution in [1.82, 2.24) is 13.8 Å². The minimum absolute atomic E-state index is 0.0102. The second-order valence-corrected chi connectivity index (χ2v) is 9.84. The van der Waals surface area contributed by atoms with Crippen LogP contribution in [0.1, 0.15) is 12.6 Å². The number of ether oxygens (including phenoxy) is 1. The monoisotopic (exact) mass is 465 g/mol. The zero-order chi connectivity index (χ0) is 22.2. The number of hydrogen-bond acceptors (Lipinski definition) is 5. The Hall–Kier alpha value is -2.13. The number of aromatic nitrogens is 1. The smallest absolute Gasteiger partial charge is 0.268 e. The van der Waals surface area contributed by atoms with Crippen molar-refractivity contribution in [3.05, 3.63) is 59.0 Å². The first-order valence-corrected chi connectivity index (χ1v) is 12.0. The maximum atomic E-state index is 13.6. The average molecular weight is 466 g/mol. The first-order valence-electron chi connectivity index (χ1n) is 10.2. The van der Waals surface area contributed by atoms with Crippen LogP contribution in [0.3, 0.4) is 0 Å². The zero-order valence-electron chi connectivity index (χ0n) is 17.5. The molecular weight excluding hydrogens is 441 g/mol. The summed E-state index contributed by atoms with van der Waals surface area (Å²) < 4.78 is 47.6. The Morgan fingerprint density at radius 3 is 2.39 bits per heavy atom. The van der Waals surface area contributed by atoms with Gasteiger partial charge in [0.15, 0.2) is 0 Å². The van der Waals surface area contributed by atoms with Crippen LogP contribution in [0.25, 0.3) is 10.9 Å². The third-order valence-electron chi connectivity index (χ3n) is 5.55. The molecule has 1 fully saturated rings. The molecule has 0 unspecified atom stereocenters. The molecule has 31 heavy (non-hydrogen) atoms. The normalized spacial score (nSPS) is 16.1. The van der Waals surface area contributed by atoms with Crippen LogP contribution in [0.2, 0.25) is 5.02 Å². The molecule has 0 spiro atoms. The van der Waals surface area contributed by atoms with Gasteiger partial charge in [-0.2, -0.15) is 0 Å². The maximum Gasteiger partial charge on any atom is 0.268 e. The fraction of sp³-hybridized carbons (Fsp3) is 0.364. The largest absolute Gasteiger partial charge is 0.494 e. The summed E-state index contributed by atoms with van der Waals surface area (Å²) in [5.41, 5.74) is 0.973. The predicted molar refractivity (Wildman–Crippen MR) is 120 cm³/mol. The van der Waals surface area contributed by atoms with Crippen molar-refractivity contribution in [1.29, 1.82) is 0 Å². The van der Waals surface area contributed by atoms with E-state index in [-0.39, 0.29) is 4.90 Å². The number of benzene rings is 2. The standard InChI is InChI=1S/C22H25ClFN3O3S/c1-3-30-17-6-9-20-19(14-17)22(23)21(15-26-12-10-25(2)11-13-26)27(20)31(28,29)18-7-4-16(24)5-8-18/h4-9,14H,3,10-13,15H2,1-2H3. The van der Waals surface area contributed by atoms with Crippen LogP contribution < -0.4 is 4.74 Å². The van der Waals surface area contributed by atoms with E-state index in [1.54, 1.807) is 18.2 Å². The van der Waals surface area contributed by atoms with Gasteiger partial charge in [-0.3, -0.25) is 4.90 Å². The molecule has 0 atom stereocenters. The SMILES string of the molecule is CCOc1ccc2c(c1)c(Cl)c(CN1CCN(C)CC1)n2S(=O)(=O)c1ccc(F)cc1. The van der Waals surface area contributed by atoms with E-state index in [2.05, 4.69) is 16.8 Å². The summed E-state index contributed by atoms with van der Waals surface area (Å²) in [6, 6.07) is 10.1. The molecule has 6 nitrogen and oxygen atoms in total. The van der Waals surface area contributed by atoms with E-state index in [9.17, 15) is 12.8 Å². The Balaban J connectivity index is 1.87. The fourth-order valence-electron chi connectivity index (χ4n) is 3.85. The van der Waals surface area contributed by atoms with E-state index in [1.807, 2.05) is 6.92 Å². The van der Waals surface area contributed by atoms with E-state index >= 15 is 0 Å². The van der Waals surface area contributed by atoms with Crippen molar-refractivity contribution >= 4 is 32.5 Å². The molecule has 2 aromatic carbocycles. The van der Waals surface area contributed by atoms with Gasteiger partial charge in [-0.15, -0.1) is 0 Å². The second kappa shape index (κ2) is 8.78. The lowest BCUT2D eigenvalue weighted by atomic mass is 10.2. The number of piperazine rings is 1. The minimum atomic E-state index is -3.99. The second-order valence-electron chi connectivity index (χ2n) is 7.68. The third-order valence-corrected chi connectivity index (χ3v) is 7.74. The van der Waals surface area contributed by atoms with Gasteiger partial charge in [0.2, 0.25) is 0 Å². The molecule has 2 heterocycles. The van der Waals surface area contributed by atoms with Gasteiger partial charge in [0.25, 0.3) is 10.0 Å². The molecule has 0 amide bonds. The van der Waals surface area contributed by atoms with E-state index in [0.717, 1.165) is 38.3 Å². The Kier molecular flexibility index (Phi) is 6.25. The van der Waals surface area contributed by atoms with Crippen molar-refractivity contribution < 1.29 is 17.5 Å². The summed E-state index contributed by atoms with van der Waals surface area (Å²) in [6.45, 7) is 6.20.